The summed E-state index contributed by atoms with van der Waals surface area (Å²) in [5, 5.41) is 14.8. The van der Waals surface area contributed by atoms with Crippen LogP contribution in [0, 0.1) is 10.1 Å². The van der Waals surface area contributed by atoms with Crippen LogP contribution in [0.1, 0.15) is 50.6 Å². The van der Waals surface area contributed by atoms with Crippen molar-refractivity contribution in [3.05, 3.63) is 62.7 Å². The minimum atomic E-state index is -0.425. The smallest absolute Gasteiger partial charge is 0.269 e. The second kappa shape index (κ2) is 8.39. The summed E-state index contributed by atoms with van der Waals surface area (Å²) in [7, 11) is 0. The number of unbranched alkanes of at least 4 members (excludes halogenated alkanes) is 1. The molecule has 1 aliphatic carbocycles. The van der Waals surface area contributed by atoms with E-state index in [0.717, 1.165) is 36.9 Å². The molecule has 0 bridgehead atoms. The topological polar surface area (TPSA) is 101 Å². The van der Waals surface area contributed by atoms with E-state index in [1.165, 1.54) is 18.5 Å². The Morgan fingerprint density at radius 1 is 1.27 bits per heavy atom. The van der Waals surface area contributed by atoms with E-state index in [-0.39, 0.29) is 11.5 Å². The SMILES string of the molecule is CCCCN1c2ncnc(Cl)c2NC2=C(C(=O)CCC2)C1c1ccc([N+](=O)[O-])cc1. The number of Topliss-reactive ketones (excluding diaryl/α,β-unsaturated/α-hetero) is 1. The lowest BCUT2D eigenvalue weighted by molar-refractivity contribution is -0.384. The lowest BCUT2D eigenvalue weighted by Gasteiger charge is -2.34. The van der Waals surface area contributed by atoms with Crippen molar-refractivity contribution in [2.45, 2.75) is 45.1 Å². The number of halogens is 1. The number of rotatable bonds is 5. The van der Waals surface area contributed by atoms with Crippen LogP contribution in [0.3, 0.4) is 0 Å². The average molecular weight is 428 g/mol. The van der Waals surface area contributed by atoms with Gasteiger partial charge >= 0.3 is 0 Å². The first-order valence-electron chi connectivity index (χ1n) is 10.1. The van der Waals surface area contributed by atoms with E-state index >= 15 is 0 Å². The number of nitro benzene ring substituents is 1. The van der Waals surface area contributed by atoms with Gasteiger partial charge < -0.3 is 10.2 Å². The molecule has 2 aromatic rings. The summed E-state index contributed by atoms with van der Waals surface area (Å²) in [6, 6.07) is 6.00. The zero-order valence-corrected chi connectivity index (χ0v) is 17.4. The molecule has 0 spiro atoms. The Balaban J connectivity index is 1.93. The number of anilines is 2. The number of allylic oxidation sites excluding steroid dienone is 1. The molecule has 156 valence electrons. The van der Waals surface area contributed by atoms with Gasteiger partial charge in [-0.1, -0.05) is 24.9 Å². The van der Waals surface area contributed by atoms with Crippen LogP contribution >= 0.6 is 11.6 Å². The van der Waals surface area contributed by atoms with Crippen LogP contribution in [0.15, 0.2) is 41.9 Å². The molecular weight excluding hydrogens is 406 g/mol. The van der Waals surface area contributed by atoms with Crippen molar-refractivity contribution in [3.63, 3.8) is 0 Å². The van der Waals surface area contributed by atoms with Gasteiger partial charge in [-0.15, -0.1) is 0 Å². The number of aromatic nitrogens is 2. The largest absolute Gasteiger partial charge is 0.353 e. The van der Waals surface area contributed by atoms with Gasteiger partial charge in [-0.2, -0.15) is 0 Å². The predicted molar refractivity (Wildman–Crippen MR) is 115 cm³/mol. The van der Waals surface area contributed by atoms with Gasteiger partial charge in [-0.25, -0.2) is 9.97 Å². The molecule has 0 amide bonds. The van der Waals surface area contributed by atoms with E-state index in [1.807, 2.05) is 0 Å². The van der Waals surface area contributed by atoms with Gasteiger partial charge in [0.15, 0.2) is 16.8 Å². The fourth-order valence-electron chi connectivity index (χ4n) is 4.11. The molecular formula is C21H22ClN5O3. The monoisotopic (exact) mass is 427 g/mol. The number of carbonyl (C=O) groups is 1. The summed E-state index contributed by atoms with van der Waals surface area (Å²) in [5.41, 5.74) is 2.93. The summed E-state index contributed by atoms with van der Waals surface area (Å²) < 4.78 is 0. The van der Waals surface area contributed by atoms with Gasteiger partial charge in [-0.05, 0) is 37.0 Å². The van der Waals surface area contributed by atoms with Crippen LogP contribution in [-0.2, 0) is 4.79 Å². The molecule has 1 N–H and O–H groups in total. The van der Waals surface area contributed by atoms with Gasteiger partial charge in [0.25, 0.3) is 5.69 Å². The lowest BCUT2D eigenvalue weighted by atomic mass is 9.86. The van der Waals surface area contributed by atoms with Crippen molar-refractivity contribution in [3.8, 4) is 0 Å². The van der Waals surface area contributed by atoms with E-state index in [9.17, 15) is 14.9 Å². The maximum Gasteiger partial charge on any atom is 0.269 e. The van der Waals surface area contributed by atoms with Crippen molar-refractivity contribution in [2.75, 3.05) is 16.8 Å². The molecule has 1 atom stereocenters. The van der Waals surface area contributed by atoms with Gasteiger partial charge in [0.2, 0.25) is 0 Å². The third kappa shape index (κ3) is 3.63. The zero-order chi connectivity index (χ0) is 21.3. The maximum atomic E-state index is 13.1. The van der Waals surface area contributed by atoms with E-state index in [0.29, 0.717) is 35.2 Å². The highest BCUT2D eigenvalue weighted by atomic mass is 35.5. The normalized spacial score (nSPS) is 18.4. The molecule has 9 heteroatoms. The number of ketones is 1. The molecule has 1 unspecified atom stereocenters. The fraction of sp³-hybridized carbons (Fsp3) is 0.381. The van der Waals surface area contributed by atoms with Crippen LogP contribution in [0.25, 0.3) is 0 Å². The summed E-state index contributed by atoms with van der Waals surface area (Å²) >= 11 is 6.41. The molecule has 0 saturated heterocycles. The molecule has 0 saturated carbocycles. The summed E-state index contributed by atoms with van der Waals surface area (Å²) in [5.74, 6) is 0.708. The van der Waals surface area contributed by atoms with Gasteiger partial charge in [-0.3, -0.25) is 14.9 Å². The molecule has 8 nitrogen and oxygen atoms in total. The Bertz CT molecular complexity index is 1020. The van der Waals surface area contributed by atoms with Crippen LogP contribution in [-0.4, -0.2) is 27.2 Å². The van der Waals surface area contributed by atoms with Gasteiger partial charge in [0, 0.05) is 36.4 Å². The third-order valence-corrected chi connectivity index (χ3v) is 5.83. The molecule has 1 aromatic carbocycles. The Labute approximate surface area is 179 Å². The summed E-state index contributed by atoms with van der Waals surface area (Å²) in [6.07, 6.45) is 5.22. The number of hydrogen-bond acceptors (Lipinski definition) is 7. The molecule has 2 aliphatic rings. The van der Waals surface area contributed by atoms with Crippen molar-refractivity contribution >= 4 is 34.6 Å². The van der Waals surface area contributed by atoms with Crippen molar-refractivity contribution < 1.29 is 9.72 Å². The zero-order valence-electron chi connectivity index (χ0n) is 16.6. The number of fused-ring (bicyclic) bond motifs is 1. The van der Waals surface area contributed by atoms with E-state index in [2.05, 4.69) is 27.1 Å². The second-order valence-corrected chi connectivity index (χ2v) is 7.81. The molecule has 30 heavy (non-hydrogen) atoms. The molecule has 0 radical (unpaired) electrons. The number of nitrogens with zero attached hydrogens (tertiary/aromatic N) is 4. The van der Waals surface area contributed by atoms with Crippen molar-refractivity contribution in [2.24, 2.45) is 0 Å². The first-order valence-corrected chi connectivity index (χ1v) is 10.4. The maximum absolute atomic E-state index is 13.1. The van der Waals surface area contributed by atoms with Gasteiger partial charge in [0.1, 0.15) is 12.0 Å². The minimum absolute atomic E-state index is 0.0144. The Hall–Kier alpha value is -3.00. The molecule has 0 fully saturated rings. The molecule has 1 aliphatic heterocycles. The highest BCUT2D eigenvalue weighted by Crippen LogP contribution is 2.45. The Morgan fingerprint density at radius 2 is 2.03 bits per heavy atom. The van der Waals surface area contributed by atoms with Crippen molar-refractivity contribution in [1.82, 2.24) is 9.97 Å². The quantitative estimate of drug-likeness (QED) is 0.414. The van der Waals surface area contributed by atoms with Crippen LogP contribution in [0.2, 0.25) is 5.15 Å². The number of nitrogens with one attached hydrogen (secondary N) is 1. The molecule has 2 heterocycles. The predicted octanol–water partition coefficient (Wildman–Crippen LogP) is 4.82. The van der Waals surface area contributed by atoms with Crippen LogP contribution < -0.4 is 10.2 Å². The Kier molecular flexibility index (Phi) is 5.67. The highest BCUT2D eigenvalue weighted by molar-refractivity contribution is 6.32. The summed E-state index contributed by atoms with van der Waals surface area (Å²) in [4.78, 5) is 34.5. The van der Waals surface area contributed by atoms with E-state index in [4.69, 9.17) is 11.6 Å². The first kappa shape index (κ1) is 20.3. The van der Waals surface area contributed by atoms with E-state index in [1.54, 1.807) is 12.1 Å². The van der Waals surface area contributed by atoms with Gasteiger partial charge in [0.05, 0.1) is 11.0 Å². The lowest BCUT2D eigenvalue weighted by Crippen LogP contribution is -2.34. The number of carbonyl (C=O) groups excluding carboxylic acids is 1. The fourth-order valence-corrected chi connectivity index (χ4v) is 4.28. The minimum Gasteiger partial charge on any atom is -0.353 e. The molecule has 4 rings (SSSR count). The number of nitro groups is 1. The van der Waals surface area contributed by atoms with Crippen LogP contribution in [0.5, 0.6) is 0 Å². The second-order valence-electron chi connectivity index (χ2n) is 7.46. The Morgan fingerprint density at radius 3 is 2.73 bits per heavy atom. The average Bonchev–Trinajstić information content (AvgIpc) is 2.88. The van der Waals surface area contributed by atoms with Crippen LogP contribution in [0.4, 0.5) is 17.2 Å². The highest BCUT2D eigenvalue weighted by Gasteiger charge is 2.38. The van der Waals surface area contributed by atoms with Crippen molar-refractivity contribution in [1.29, 1.82) is 0 Å². The third-order valence-electron chi connectivity index (χ3n) is 5.54. The molecule has 1 aromatic heterocycles. The van der Waals surface area contributed by atoms with E-state index < -0.39 is 11.0 Å². The number of non-ortho nitro benzene ring substituents is 1. The number of hydrogen-bond donors (Lipinski definition) is 1. The summed E-state index contributed by atoms with van der Waals surface area (Å²) in [6.45, 7) is 2.76. The number of benzene rings is 1. The standard InChI is InChI=1S/C21H22ClN5O3/c1-2-3-11-26-19(13-7-9-14(10-8-13)27(29)30)17-15(5-4-6-16(17)28)25-18-20(22)23-12-24-21(18)26/h7-10,12,19,25H,2-6,11H2,1H3. The first-order chi connectivity index (χ1) is 14.5.